The molecule has 1 heterocycles. The van der Waals surface area contributed by atoms with Crippen LogP contribution in [0.2, 0.25) is 0 Å². The first kappa shape index (κ1) is 21.4. The Balaban J connectivity index is 1.55. The zero-order chi connectivity index (χ0) is 22.7. The summed E-state index contributed by atoms with van der Waals surface area (Å²) in [6.45, 7) is 4.21. The molecule has 0 spiro atoms. The van der Waals surface area contributed by atoms with Gasteiger partial charge in [0.15, 0.2) is 5.78 Å². The number of methoxy groups -OCH3 is 1. The number of fused-ring (bicyclic) bond motifs is 1. The Morgan fingerprint density at radius 3 is 2.28 bits per heavy atom. The van der Waals surface area contributed by atoms with Crippen LogP contribution < -0.4 is 14.8 Å². The van der Waals surface area contributed by atoms with Crippen LogP contribution in [0.25, 0.3) is 5.70 Å². The van der Waals surface area contributed by atoms with Gasteiger partial charge in [-0.1, -0.05) is 24.3 Å². The number of allylic oxidation sites excluding steroid dienone is 1. The second kappa shape index (κ2) is 8.71. The second-order valence-corrected chi connectivity index (χ2v) is 8.41. The average molecular weight is 428 g/mol. The third-order valence-electron chi connectivity index (χ3n) is 5.35. The standard InChI is InChI=1S/C27H25NO4/c1-27(2)17-20-11-14-22(31-3)15-23(20)24(28-27)16-25(29)18-9-12-21(13-10-18)32-26(30)19-7-5-4-6-8-19/h4-16,28H,17H2,1-3H3/b24-16-. The number of esters is 1. The Labute approximate surface area is 187 Å². The van der Waals surface area contributed by atoms with Gasteiger partial charge >= 0.3 is 5.97 Å². The number of nitrogens with one attached hydrogen (secondary N) is 1. The highest BCUT2D eigenvalue weighted by molar-refractivity contribution is 6.08. The van der Waals surface area contributed by atoms with Crippen molar-refractivity contribution in [1.29, 1.82) is 0 Å². The summed E-state index contributed by atoms with van der Waals surface area (Å²) in [4.78, 5) is 25.2. The van der Waals surface area contributed by atoms with Crippen LogP contribution >= 0.6 is 0 Å². The summed E-state index contributed by atoms with van der Waals surface area (Å²) in [5, 5.41) is 3.47. The van der Waals surface area contributed by atoms with Gasteiger partial charge in [-0.25, -0.2) is 4.79 Å². The van der Waals surface area contributed by atoms with Crippen LogP contribution in [0.15, 0.2) is 78.9 Å². The molecule has 5 nitrogen and oxygen atoms in total. The number of carbonyl (C=O) groups is 2. The highest BCUT2D eigenvalue weighted by atomic mass is 16.5. The highest BCUT2D eigenvalue weighted by Crippen LogP contribution is 2.32. The quantitative estimate of drug-likeness (QED) is 0.267. The lowest BCUT2D eigenvalue weighted by atomic mass is 9.85. The summed E-state index contributed by atoms with van der Waals surface area (Å²) in [5.74, 6) is 0.550. The Morgan fingerprint density at radius 2 is 1.59 bits per heavy atom. The van der Waals surface area contributed by atoms with Crippen LogP contribution in [0.4, 0.5) is 0 Å². The molecule has 1 aliphatic heterocycles. The minimum atomic E-state index is -0.439. The third kappa shape index (κ3) is 4.72. The molecule has 1 aliphatic rings. The first-order chi connectivity index (χ1) is 15.3. The minimum absolute atomic E-state index is 0.139. The molecule has 0 radical (unpaired) electrons. The van der Waals surface area contributed by atoms with Crippen LogP contribution in [0.1, 0.15) is 45.7 Å². The second-order valence-electron chi connectivity index (χ2n) is 8.41. The molecule has 0 atom stereocenters. The van der Waals surface area contributed by atoms with Gasteiger partial charge in [-0.05, 0) is 74.4 Å². The number of carbonyl (C=O) groups excluding carboxylic acids is 2. The molecule has 0 saturated heterocycles. The van der Waals surface area contributed by atoms with E-state index in [9.17, 15) is 9.59 Å². The van der Waals surface area contributed by atoms with E-state index in [0.717, 1.165) is 29.0 Å². The Hall–Kier alpha value is -3.86. The van der Waals surface area contributed by atoms with Crippen molar-refractivity contribution in [3.63, 3.8) is 0 Å². The van der Waals surface area contributed by atoms with Crippen LogP contribution in [-0.4, -0.2) is 24.4 Å². The molecular formula is C27H25NO4. The van der Waals surface area contributed by atoms with Gasteiger partial charge in [-0.2, -0.15) is 0 Å². The van der Waals surface area contributed by atoms with Gasteiger partial charge in [0, 0.05) is 28.4 Å². The van der Waals surface area contributed by atoms with Gasteiger partial charge in [0.25, 0.3) is 0 Å². The third-order valence-corrected chi connectivity index (χ3v) is 5.35. The van der Waals surface area contributed by atoms with Gasteiger partial charge in [-0.15, -0.1) is 0 Å². The first-order valence-electron chi connectivity index (χ1n) is 10.4. The van der Waals surface area contributed by atoms with E-state index in [2.05, 4.69) is 19.2 Å². The van der Waals surface area contributed by atoms with Crippen molar-refractivity contribution in [3.05, 3.63) is 101 Å². The van der Waals surface area contributed by atoms with Crippen molar-refractivity contribution in [2.75, 3.05) is 7.11 Å². The number of rotatable bonds is 5. The molecule has 3 aromatic rings. The maximum atomic E-state index is 13.0. The number of benzene rings is 3. The number of hydrogen-bond donors (Lipinski definition) is 1. The smallest absolute Gasteiger partial charge is 0.343 e. The van der Waals surface area contributed by atoms with Crippen molar-refractivity contribution in [1.82, 2.24) is 5.32 Å². The van der Waals surface area contributed by atoms with Gasteiger partial charge in [0.05, 0.1) is 12.7 Å². The molecule has 5 heteroatoms. The predicted molar refractivity (Wildman–Crippen MR) is 124 cm³/mol. The first-order valence-corrected chi connectivity index (χ1v) is 10.4. The molecule has 0 unspecified atom stereocenters. The van der Waals surface area contributed by atoms with Crippen molar-refractivity contribution in [3.8, 4) is 11.5 Å². The van der Waals surface area contributed by atoms with Crippen LogP contribution in [0.5, 0.6) is 11.5 Å². The monoisotopic (exact) mass is 427 g/mol. The zero-order valence-electron chi connectivity index (χ0n) is 18.3. The maximum Gasteiger partial charge on any atom is 0.343 e. The Bertz CT molecular complexity index is 1180. The van der Waals surface area contributed by atoms with E-state index < -0.39 is 5.97 Å². The predicted octanol–water partition coefficient (Wildman–Crippen LogP) is 5.06. The summed E-state index contributed by atoms with van der Waals surface area (Å²) >= 11 is 0. The van der Waals surface area contributed by atoms with Gasteiger partial charge in [-0.3, -0.25) is 4.79 Å². The van der Waals surface area contributed by atoms with Crippen LogP contribution in [0.3, 0.4) is 0 Å². The van der Waals surface area contributed by atoms with Crippen molar-refractivity contribution >= 4 is 17.4 Å². The topological polar surface area (TPSA) is 64.6 Å². The van der Waals surface area contributed by atoms with Crippen LogP contribution in [-0.2, 0) is 6.42 Å². The molecule has 0 amide bonds. The van der Waals surface area contributed by atoms with Gasteiger partial charge in [0.2, 0.25) is 0 Å². The molecule has 0 aromatic heterocycles. The van der Waals surface area contributed by atoms with Crippen molar-refractivity contribution < 1.29 is 19.1 Å². The summed E-state index contributed by atoms with van der Waals surface area (Å²) in [5.41, 5.74) is 3.69. The normalized spacial score (nSPS) is 15.4. The fourth-order valence-electron chi connectivity index (χ4n) is 3.80. The molecular weight excluding hydrogens is 402 g/mol. The van der Waals surface area contributed by atoms with E-state index in [1.807, 2.05) is 24.3 Å². The largest absolute Gasteiger partial charge is 0.497 e. The minimum Gasteiger partial charge on any atom is -0.497 e. The fraction of sp³-hybridized carbons (Fsp3) is 0.185. The van der Waals surface area contributed by atoms with E-state index in [4.69, 9.17) is 9.47 Å². The van der Waals surface area contributed by atoms with Gasteiger partial charge < -0.3 is 14.8 Å². The summed E-state index contributed by atoms with van der Waals surface area (Å²) in [7, 11) is 1.63. The molecule has 1 N–H and O–H groups in total. The van der Waals surface area contributed by atoms with E-state index in [0.29, 0.717) is 16.9 Å². The number of ketones is 1. The van der Waals surface area contributed by atoms with Crippen molar-refractivity contribution in [2.24, 2.45) is 0 Å². The summed E-state index contributed by atoms with van der Waals surface area (Å²) in [6.07, 6.45) is 2.46. The SMILES string of the molecule is COc1ccc2c(c1)/C(=C/C(=O)c1ccc(OC(=O)c3ccccc3)cc1)NC(C)(C)C2. The molecule has 0 fully saturated rings. The van der Waals surface area contributed by atoms with E-state index in [1.54, 1.807) is 61.7 Å². The van der Waals surface area contributed by atoms with E-state index in [-0.39, 0.29) is 11.3 Å². The molecule has 0 aliphatic carbocycles. The number of ether oxygens (including phenoxy) is 2. The lowest BCUT2D eigenvalue weighted by Gasteiger charge is -2.35. The van der Waals surface area contributed by atoms with Crippen LogP contribution in [0, 0.1) is 0 Å². The van der Waals surface area contributed by atoms with Gasteiger partial charge in [0.1, 0.15) is 11.5 Å². The summed E-state index contributed by atoms with van der Waals surface area (Å²) in [6, 6.07) is 21.3. The summed E-state index contributed by atoms with van der Waals surface area (Å²) < 4.78 is 10.8. The molecule has 3 aromatic carbocycles. The van der Waals surface area contributed by atoms with E-state index in [1.165, 1.54) is 0 Å². The number of hydrogen-bond acceptors (Lipinski definition) is 5. The molecule has 4 rings (SSSR count). The molecule has 0 bridgehead atoms. The Kier molecular flexibility index (Phi) is 5.82. The molecule has 0 saturated carbocycles. The van der Waals surface area contributed by atoms with E-state index >= 15 is 0 Å². The lowest BCUT2D eigenvalue weighted by Crippen LogP contribution is -2.43. The van der Waals surface area contributed by atoms with Crippen molar-refractivity contribution in [2.45, 2.75) is 25.8 Å². The Morgan fingerprint density at radius 1 is 0.906 bits per heavy atom. The fourth-order valence-corrected chi connectivity index (χ4v) is 3.80. The zero-order valence-corrected chi connectivity index (χ0v) is 18.3. The molecule has 162 valence electrons. The lowest BCUT2D eigenvalue weighted by molar-refractivity contribution is 0.0734. The average Bonchev–Trinajstić information content (AvgIpc) is 2.79. The highest BCUT2D eigenvalue weighted by Gasteiger charge is 2.28. The molecule has 32 heavy (non-hydrogen) atoms. The maximum absolute atomic E-state index is 13.0.